The molecule has 2 aromatic carbocycles. The maximum atomic E-state index is 12.1. The van der Waals surface area contributed by atoms with Crippen molar-refractivity contribution < 1.29 is 19.1 Å². The Morgan fingerprint density at radius 2 is 1.75 bits per heavy atom. The molecule has 0 bridgehead atoms. The first kappa shape index (κ1) is 16.2. The van der Waals surface area contributed by atoms with Gasteiger partial charge in [0.15, 0.2) is 11.9 Å². The molecule has 3 rings (SSSR count). The summed E-state index contributed by atoms with van der Waals surface area (Å²) in [6, 6.07) is 16.7. The molecule has 0 unspecified atom stereocenters. The zero-order chi connectivity index (χ0) is 16.8. The largest absolute Gasteiger partial charge is 0.489 e. The second-order valence-corrected chi connectivity index (χ2v) is 5.90. The van der Waals surface area contributed by atoms with E-state index in [1.165, 1.54) is 0 Å². The average molecular weight is 324 g/mol. The quantitative estimate of drug-likeness (QED) is 0.782. The zero-order valence-electron chi connectivity index (χ0n) is 13.4. The van der Waals surface area contributed by atoms with E-state index in [1.807, 2.05) is 30.3 Å². The van der Waals surface area contributed by atoms with E-state index in [2.05, 4.69) is 0 Å². The summed E-state index contributed by atoms with van der Waals surface area (Å²) in [4.78, 5) is 23.9. The van der Waals surface area contributed by atoms with E-state index in [0.29, 0.717) is 30.8 Å². The van der Waals surface area contributed by atoms with Gasteiger partial charge < -0.3 is 9.47 Å². The summed E-state index contributed by atoms with van der Waals surface area (Å²) in [5.41, 5.74) is 1.51. The molecule has 1 aliphatic rings. The smallest absolute Gasteiger partial charge is 0.338 e. The molecule has 0 N–H and O–H groups in total. The van der Waals surface area contributed by atoms with Crippen LogP contribution in [0.3, 0.4) is 0 Å². The molecule has 0 aromatic heterocycles. The highest BCUT2D eigenvalue weighted by Crippen LogP contribution is 2.20. The number of rotatable bonds is 5. The number of carbonyl (C=O) groups is 2. The van der Waals surface area contributed by atoms with Crippen molar-refractivity contribution >= 4 is 11.8 Å². The van der Waals surface area contributed by atoms with Crippen molar-refractivity contribution in [3.05, 3.63) is 65.7 Å². The molecule has 1 atom stereocenters. The molecular formula is C20H20O4. The summed E-state index contributed by atoms with van der Waals surface area (Å²) in [5, 5.41) is 0. The molecule has 24 heavy (non-hydrogen) atoms. The normalized spacial score (nSPS) is 17.3. The first-order chi connectivity index (χ1) is 11.7. The summed E-state index contributed by atoms with van der Waals surface area (Å²) < 4.78 is 11.0. The van der Waals surface area contributed by atoms with E-state index in [1.54, 1.807) is 24.3 Å². The van der Waals surface area contributed by atoms with Crippen LogP contribution in [0, 0.1) is 0 Å². The van der Waals surface area contributed by atoms with E-state index < -0.39 is 12.1 Å². The van der Waals surface area contributed by atoms with Crippen LogP contribution in [0.2, 0.25) is 0 Å². The van der Waals surface area contributed by atoms with Crippen molar-refractivity contribution in [2.24, 2.45) is 0 Å². The van der Waals surface area contributed by atoms with Gasteiger partial charge in [-0.25, -0.2) is 4.79 Å². The van der Waals surface area contributed by atoms with Crippen LogP contribution < -0.4 is 4.74 Å². The Balaban J connectivity index is 1.55. The highest BCUT2D eigenvalue weighted by molar-refractivity contribution is 5.93. The number of hydrogen-bond acceptors (Lipinski definition) is 4. The van der Waals surface area contributed by atoms with Crippen LogP contribution >= 0.6 is 0 Å². The molecule has 0 saturated heterocycles. The molecule has 1 saturated carbocycles. The molecule has 1 aliphatic carbocycles. The molecule has 0 spiro atoms. The number of carbonyl (C=O) groups excluding carboxylic acids is 2. The van der Waals surface area contributed by atoms with Gasteiger partial charge in [-0.3, -0.25) is 4.79 Å². The topological polar surface area (TPSA) is 52.6 Å². The van der Waals surface area contributed by atoms with Crippen LogP contribution in [0.4, 0.5) is 0 Å². The van der Waals surface area contributed by atoms with Gasteiger partial charge in [-0.1, -0.05) is 30.3 Å². The van der Waals surface area contributed by atoms with Crippen LogP contribution in [0.15, 0.2) is 54.6 Å². The van der Waals surface area contributed by atoms with Crippen molar-refractivity contribution in [2.45, 2.75) is 38.4 Å². The fourth-order valence-corrected chi connectivity index (χ4v) is 2.70. The molecule has 0 amide bonds. The van der Waals surface area contributed by atoms with Gasteiger partial charge in [0.25, 0.3) is 0 Å². The Kier molecular flexibility index (Phi) is 5.26. The molecule has 124 valence electrons. The Morgan fingerprint density at radius 1 is 1.00 bits per heavy atom. The average Bonchev–Trinajstić information content (AvgIpc) is 2.63. The van der Waals surface area contributed by atoms with Crippen molar-refractivity contribution in [2.75, 3.05) is 0 Å². The Hall–Kier alpha value is -2.62. The molecular weight excluding hydrogens is 304 g/mol. The second kappa shape index (κ2) is 7.77. The minimum absolute atomic E-state index is 0.0254. The van der Waals surface area contributed by atoms with Gasteiger partial charge in [-0.05, 0) is 49.1 Å². The lowest BCUT2D eigenvalue weighted by Crippen LogP contribution is -2.30. The van der Waals surface area contributed by atoms with Gasteiger partial charge in [-0.15, -0.1) is 0 Å². The lowest BCUT2D eigenvalue weighted by atomic mass is 9.96. The summed E-state index contributed by atoms with van der Waals surface area (Å²) in [7, 11) is 0. The summed E-state index contributed by atoms with van der Waals surface area (Å²) >= 11 is 0. The van der Waals surface area contributed by atoms with E-state index >= 15 is 0 Å². The van der Waals surface area contributed by atoms with Crippen molar-refractivity contribution in [1.29, 1.82) is 0 Å². The van der Waals surface area contributed by atoms with Gasteiger partial charge in [0, 0.05) is 6.42 Å². The monoisotopic (exact) mass is 324 g/mol. The molecule has 4 nitrogen and oxygen atoms in total. The maximum Gasteiger partial charge on any atom is 0.338 e. The van der Waals surface area contributed by atoms with Crippen LogP contribution in [-0.4, -0.2) is 17.9 Å². The van der Waals surface area contributed by atoms with Crippen LogP contribution in [-0.2, 0) is 16.1 Å². The van der Waals surface area contributed by atoms with Crippen molar-refractivity contribution in [3.8, 4) is 5.75 Å². The number of Topliss-reactive ketones (excluding diaryl/α,β-unsaturated/α-hetero) is 1. The van der Waals surface area contributed by atoms with Crippen LogP contribution in [0.25, 0.3) is 0 Å². The standard InChI is InChI=1S/C20H20O4/c21-18-8-4-5-9-19(18)24-20(22)16-10-12-17(13-11-16)23-14-15-6-2-1-3-7-15/h1-3,6-7,10-13,19H,4-5,8-9,14H2/t19-/m1/s1. The first-order valence-corrected chi connectivity index (χ1v) is 8.23. The molecule has 1 fully saturated rings. The SMILES string of the molecule is O=C(O[C@@H]1CCCCC1=O)c1ccc(OCc2ccccc2)cc1. The Bertz CT molecular complexity index is 691. The predicted octanol–water partition coefficient (Wildman–Crippen LogP) is 3.93. The van der Waals surface area contributed by atoms with E-state index in [0.717, 1.165) is 18.4 Å². The molecule has 2 aromatic rings. The van der Waals surface area contributed by atoms with Crippen molar-refractivity contribution in [3.63, 3.8) is 0 Å². The molecule has 0 radical (unpaired) electrons. The van der Waals surface area contributed by atoms with Gasteiger partial charge >= 0.3 is 5.97 Å². The summed E-state index contributed by atoms with van der Waals surface area (Å²) in [6.07, 6.45) is 2.36. The number of benzene rings is 2. The zero-order valence-corrected chi connectivity index (χ0v) is 13.4. The highest BCUT2D eigenvalue weighted by Gasteiger charge is 2.26. The Labute approximate surface area is 141 Å². The van der Waals surface area contributed by atoms with Gasteiger partial charge in [-0.2, -0.15) is 0 Å². The minimum Gasteiger partial charge on any atom is -0.489 e. The Morgan fingerprint density at radius 3 is 2.46 bits per heavy atom. The van der Waals surface area contributed by atoms with Gasteiger partial charge in [0.05, 0.1) is 5.56 Å². The van der Waals surface area contributed by atoms with Crippen molar-refractivity contribution in [1.82, 2.24) is 0 Å². The fourth-order valence-electron chi connectivity index (χ4n) is 2.70. The third kappa shape index (κ3) is 4.22. The first-order valence-electron chi connectivity index (χ1n) is 8.23. The van der Waals surface area contributed by atoms with E-state index in [-0.39, 0.29) is 5.78 Å². The van der Waals surface area contributed by atoms with Gasteiger partial charge in [0.1, 0.15) is 12.4 Å². The van der Waals surface area contributed by atoms with E-state index in [9.17, 15) is 9.59 Å². The number of ether oxygens (including phenoxy) is 2. The van der Waals surface area contributed by atoms with Crippen LogP contribution in [0.5, 0.6) is 5.75 Å². The lowest BCUT2D eigenvalue weighted by molar-refractivity contribution is -0.129. The minimum atomic E-state index is -0.583. The fraction of sp³-hybridized carbons (Fsp3) is 0.300. The highest BCUT2D eigenvalue weighted by atomic mass is 16.5. The molecule has 0 aliphatic heterocycles. The van der Waals surface area contributed by atoms with E-state index in [4.69, 9.17) is 9.47 Å². The molecule has 0 heterocycles. The third-order valence-corrected chi connectivity index (χ3v) is 4.09. The number of hydrogen-bond donors (Lipinski definition) is 0. The maximum absolute atomic E-state index is 12.1. The predicted molar refractivity (Wildman–Crippen MR) is 89.9 cm³/mol. The summed E-state index contributed by atoms with van der Waals surface area (Å²) in [5.74, 6) is 0.256. The van der Waals surface area contributed by atoms with Gasteiger partial charge in [0.2, 0.25) is 0 Å². The summed E-state index contributed by atoms with van der Waals surface area (Å²) in [6.45, 7) is 0.473. The third-order valence-electron chi connectivity index (χ3n) is 4.09. The molecule has 4 heteroatoms. The van der Waals surface area contributed by atoms with Crippen LogP contribution in [0.1, 0.15) is 41.6 Å². The number of esters is 1. The second-order valence-electron chi connectivity index (χ2n) is 5.90. The lowest BCUT2D eigenvalue weighted by Gasteiger charge is -2.20. The number of ketones is 1.